The summed E-state index contributed by atoms with van der Waals surface area (Å²) in [5, 5.41) is 12.2. The number of nitrogens with zero attached hydrogens (tertiary/aromatic N) is 2. The van der Waals surface area contributed by atoms with E-state index < -0.39 is 23.9 Å². The molecule has 196 valence electrons. The first kappa shape index (κ1) is 27.3. The normalized spacial score (nSPS) is 15.1. The van der Waals surface area contributed by atoms with Gasteiger partial charge in [-0.15, -0.1) is 0 Å². The highest BCUT2D eigenvalue weighted by atomic mass is 79.9. The molecule has 3 aromatic rings. The van der Waals surface area contributed by atoms with Crippen LogP contribution >= 0.6 is 27.5 Å². The van der Waals surface area contributed by atoms with Gasteiger partial charge in [-0.2, -0.15) is 0 Å². The van der Waals surface area contributed by atoms with E-state index in [4.69, 9.17) is 16.8 Å². The zero-order valence-corrected chi connectivity index (χ0v) is 22.4. The highest BCUT2D eigenvalue weighted by molar-refractivity contribution is 9.10. The van der Waals surface area contributed by atoms with Gasteiger partial charge in [0.15, 0.2) is 0 Å². The summed E-state index contributed by atoms with van der Waals surface area (Å²) in [5.74, 6) is -1.46. The van der Waals surface area contributed by atoms with Crippen molar-refractivity contribution in [2.75, 3.05) is 4.90 Å². The molecule has 4 rings (SSSR count). The minimum Gasteiger partial charge on any atom is -0.352 e. The lowest BCUT2D eigenvalue weighted by Gasteiger charge is -2.22. The molecule has 9 nitrogen and oxygen atoms in total. The van der Waals surface area contributed by atoms with Crippen LogP contribution in [0.2, 0.25) is 5.02 Å². The summed E-state index contributed by atoms with van der Waals surface area (Å²) in [4.78, 5) is 53.9. The van der Waals surface area contributed by atoms with Gasteiger partial charge in [-0.1, -0.05) is 57.9 Å². The van der Waals surface area contributed by atoms with Crippen LogP contribution in [0.1, 0.15) is 34.3 Å². The fourth-order valence-corrected chi connectivity index (χ4v) is 4.61. The summed E-state index contributed by atoms with van der Waals surface area (Å²) in [7, 11) is 0. The first-order valence-corrected chi connectivity index (χ1v) is 12.9. The lowest BCUT2D eigenvalue weighted by Crippen LogP contribution is -2.36. The van der Waals surface area contributed by atoms with Crippen molar-refractivity contribution in [1.82, 2.24) is 15.7 Å². The summed E-state index contributed by atoms with van der Waals surface area (Å²) in [5.41, 5.74) is 3.57. The quantitative estimate of drug-likeness (QED) is 0.188. The van der Waals surface area contributed by atoms with Crippen LogP contribution in [0.3, 0.4) is 0 Å². The molecule has 0 bridgehead atoms. The molecule has 1 aliphatic rings. The fourth-order valence-electron chi connectivity index (χ4n) is 4.22. The van der Waals surface area contributed by atoms with E-state index in [9.17, 15) is 19.2 Å². The minimum absolute atomic E-state index is 0.0245. The van der Waals surface area contributed by atoms with Gasteiger partial charge in [0.05, 0.1) is 5.69 Å². The number of carbonyl (C=O) groups excluding carboxylic acids is 4. The first-order valence-electron chi connectivity index (χ1n) is 11.7. The highest BCUT2D eigenvalue weighted by Crippen LogP contribution is 2.30. The second-order valence-corrected chi connectivity index (χ2v) is 9.97. The van der Waals surface area contributed by atoms with Gasteiger partial charge < -0.3 is 10.2 Å². The number of anilines is 1. The third-order valence-corrected chi connectivity index (χ3v) is 6.93. The average Bonchev–Trinajstić information content (AvgIpc) is 3.15. The Morgan fingerprint density at radius 2 is 1.66 bits per heavy atom. The zero-order valence-electron chi connectivity index (χ0n) is 20.1. The molecule has 1 atom stereocenters. The number of hydroxylamine groups is 1. The molecule has 0 spiro atoms. The van der Waals surface area contributed by atoms with Crippen LogP contribution in [0.25, 0.3) is 0 Å². The smallest absolute Gasteiger partial charge is 0.332 e. The maximum absolute atomic E-state index is 13.4. The van der Waals surface area contributed by atoms with Crippen molar-refractivity contribution >= 4 is 57.0 Å². The van der Waals surface area contributed by atoms with Crippen LogP contribution in [0.5, 0.6) is 0 Å². The van der Waals surface area contributed by atoms with Crippen molar-refractivity contribution in [3.63, 3.8) is 0 Å². The van der Waals surface area contributed by atoms with Crippen molar-refractivity contribution < 1.29 is 24.4 Å². The molecule has 3 N–H and O–H groups in total. The predicted octanol–water partition coefficient (Wildman–Crippen LogP) is 4.66. The van der Waals surface area contributed by atoms with Gasteiger partial charge in [-0.3, -0.25) is 19.6 Å². The Kier molecular flexibility index (Phi) is 8.77. The Balaban J connectivity index is 1.48. The zero-order chi connectivity index (χ0) is 27.2. The van der Waals surface area contributed by atoms with Crippen molar-refractivity contribution in [2.24, 2.45) is 0 Å². The molecule has 0 aliphatic carbocycles. The van der Waals surface area contributed by atoms with Crippen LogP contribution in [0.4, 0.5) is 10.5 Å². The highest BCUT2D eigenvalue weighted by Gasteiger charge is 2.45. The summed E-state index contributed by atoms with van der Waals surface area (Å²) in [6, 6.07) is 19.1. The molecular weight excluding hydrogens is 576 g/mol. The fraction of sp³-hybridized carbons (Fsp3) is 0.185. The summed E-state index contributed by atoms with van der Waals surface area (Å²) in [6.45, 7) is 0.247. The van der Waals surface area contributed by atoms with Crippen LogP contribution in [0.15, 0.2) is 77.3 Å². The summed E-state index contributed by atoms with van der Waals surface area (Å²) in [6.07, 6.45) is 0.0825. The Labute approximate surface area is 232 Å². The lowest BCUT2D eigenvalue weighted by molar-refractivity contribution is -0.122. The molecule has 3 aromatic carbocycles. The Bertz CT molecular complexity index is 1350. The van der Waals surface area contributed by atoms with Crippen molar-refractivity contribution in [3.8, 4) is 0 Å². The molecule has 0 saturated carbocycles. The van der Waals surface area contributed by atoms with Gasteiger partial charge in [0, 0.05) is 34.6 Å². The van der Waals surface area contributed by atoms with E-state index in [1.807, 2.05) is 24.3 Å². The Morgan fingerprint density at radius 1 is 0.974 bits per heavy atom. The molecule has 0 radical (unpaired) electrons. The molecule has 1 saturated heterocycles. The SMILES string of the molecule is O=C(CCC1C(=O)N(c2ccc(Cl)cc2)C(=O)N1Cc1ccc(Br)cc1)NCc1ccccc1C(=O)NO. The third kappa shape index (κ3) is 6.21. The van der Waals surface area contributed by atoms with Crippen LogP contribution in [-0.2, 0) is 22.7 Å². The summed E-state index contributed by atoms with van der Waals surface area (Å²) < 4.78 is 0.888. The van der Waals surface area contributed by atoms with E-state index >= 15 is 0 Å². The Morgan fingerprint density at radius 3 is 2.34 bits per heavy atom. The number of amides is 5. The topological polar surface area (TPSA) is 119 Å². The third-order valence-electron chi connectivity index (χ3n) is 6.15. The molecule has 1 unspecified atom stereocenters. The number of benzene rings is 3. The maximum atomic E-state index is 13.4. The van der Waals surface area contributed by atoms with E-state index in [1.54, 1.807) is 47.9 Å². The van der Waals surface area contributed by atoms with Crippen LogP contribution in [-0.4, -0.2) is 39.9 Å². The number of rotatable bonds is 9. The van der Waals surface area contributed by atoms with Crippen LogP contribution < -0.4 is 15.7 Å². The number of halogens is 2. The lowest BCUT2D eigenvalue weighted by atomic mass is 10.1. The molecule has 1 heterocycles. The molecular formula is C27H24BrClN4O5. The van der Waals surface area contributed by atoms with Crippen molar-refractivity contribution in [3.05, 3.63) is 99.0 Å². The molecule has 0 aromatic heterocycles. The van der Waals surface area contributed by atoms with E-state index in [2.05, 4.69) is 21.2 Å². The second-order valence-electron chi connectivity index (χ2n) is 8.62. The minimum atomic E-state index is -0.847. The maximum Gasteiger partial charge on any atom is 0.332 e. The van der Waals surface area contributed by atoms with E-state index in [0.717, 1.165) is 14.9 Å². The monoisotopic (exact) mass is 598 g/mol. The largest absolute Gasteiger partial charge is 0.352 e. The number of hydrogen-bond acceptors (Lipinski definition) is 5. The number of imide groups is 1. The predicted molar refractivity (Wildman–Crippen MR) is 145 cm³/mol. The number of carbonyl (C=O) groups is 4. The number of nitrogens with one attached hydrogen (secondary N) is 2. The van der Waals surface area contributed by atoms with Crippen molar-refractivity contribution in [1.29, 1.82) is 0 Å². The van der Waals surface area contributed by atoms with Crippen molar-refractivity contribution in [2.45, 2.75) is 32.0 Å². The molecule has 1 fully saturated rings. The van der Waals surface area contributed by atoms with Gasteiger partial charge in [0.25, 0.3) is 11.8 Å². The van der Waals surface area contributed by atoms with Gasteiger partial charge in [-0.25, -0.2) is 15.2 Å². The van der Waals surface area contributed by atoms with Gasteiger partial charge in [0.2, 0.25) is 5.91 Å². The number of hydrogen-bond donors (Lipinski definition) is 3. The van der Waals surface area contributed by atoms with Gasteiger partial charge in [0.1, 0.15) is 6.04 Å². The molecule has 5 amide bonds. The Hall–Kier alpha value is -3.73. The molecule has 11 heteroatoms. The van der Waals surface area contributed by atoms with E-state index in [-0.39, 0.29) is 37.4 Å². The second kappa shape index (κ2) is 12.2. The first-order chi connectivity index (χ1) is 18.3. The number of urea groups is 1. The average molecular weight is 600 g/mol. The van der Waals surface area contributed by atoms with E-state index in [0.29, 0.717) is 16.3 Å². The van der Waals surface area contributed by atoms with E-state index in [1.165, 1.54) is 11.0 Å². The summed E-state index contributed by atoms with van der Waals surface area (Å²) >= 11 is 9.37. The standard InChI is InChI=1S/C27H24BrClN4O5/c28-19-7-5-17(6-8-19)16-32-23(26(36)33(27(32)37)21-11-9-20(29)10-12-21)13-14-24(34)30-15-18-3-1-2-4-22(18)25(35)31-38/h1-12,23,38H,13-16H2,(H,30,34)(H,31,35). The molecule has 38 heavy (non-hydrogen) atoms. The molecule has 1 aliphatic heterocycles. The van der Waals surface area contributed by atoms with Crippen LogP contribution in [0, 0.1) is 0 Å². The van der Waals surface area contributed by atoms with Gasteiger partial charge in [-0.05, 0) is 60.0 Å². The van der Waals surface area contributed by atoms with Gasteiger partial charge >= 0.3 is 6.03 Å².